The van der Waals surface area contributed by atoms with Crippen molar-refractivity contribution in [2.24, 2.45) is 0 Å². The van der Waals surface area contributed by atoms with Gasteiger partial charge in [-0.25, -0.2) is 4.98 Å². The molecule has 3 rings (SSSR count). The lowest BCUT2D eigenvalue weighted by Gasteiger charge is -2.25. The van der Waals surface area contributed by atoms with Crippen LogP contribution in [-0.4, -0.2) is 28.3 Å². The molecule has 0 amide bonds. The van der Waals surface area contributed by atoms with Gasteiger partial charge in [0.1, 0.15) is 5.01 Å². The zero-order valence-corrected chi connectivity index (χ0v) is 14.8. The Bertz CT molecular complexity index is 442. The second kappa shape index (κ2) is 7.03. The van der Waals surface area contributed by atoms with Crippen molar-refractivity contribution < 1.29 is 0 Å². The number of hydrogen-bond donors (Lipinski definition) is 1. The normalized spacial score (nSPS) is 26.9. The van der Waals surface area contributed by atoms with E-state index in [1.165, 1.54) is 46.3 Å². The lowest BCUT2D eigenvalue weighted by Crippen LogP contribution is -2.15. The van der Waals surface area contributed by atoms with E-state index in [9.17, 15) is 0 Å². The van der Waals surface area contributed by atoms with Crippen LogP contribution in [0.15, 0.2) is 0 Å². The highest BCUT2D eigenvalue weighted by Gasteiger charge is 2.33. The molecule has 2 nitrogen and oxygen atoms in total. The summed E-state index contributed by atoms with van der Waals surface area (Å²) in [6.07, 6.45) is 3.91. The van der Waals surface area contributed by atoms with E-state index in [2.05, 4.69) is 42.7 Å². The Balaban J connectivity index is 1.75. The number of hydrogen-bond acceptors (Lipinski definition) is 5. The zero-order valence-electron chi connectivity index (χ0n) is 12.4. The SMILES string of the molecule is CCCNCc1sc(C2SCCSC2C)nc1C1CC1. The van der Waals surface area contributed by atoms with E-state index in [0.717, 1.165) is 19.0 Å². The van der Waals surface area contributed by atoms with Gasteiger partial charge in [-0.3, -0.25) is 0 Å². The van der Waals surface area contributed by atoms with Gasteiger partial charge in [0, 0.05) is 34.1 Å². The van der Waals surface area contributed by atoms with Gasteiger partial charge in [-0.2, -0.15) is 11.8 Å². The summed E-state index contributed by atoms with van der Waals surface area (Å²) in [4.78, 5) is 6.58. The van der Waals surface area contributed by atoms with Gasteiger partial charge in [-0.15, -0.1) is 23.1 Å². The first-order valence-corrected chi connectivity index (χ1v) is 10.6. The van der Waals surface area contributed by atoms with Gasteiger partial charge in [0.2, 0.25) is 0 Å². The molecule has 0 bridgehead atoms. The Morgan fingerprint density at radius 3 is 2.75 bits per heavy atom. The molecule has 2 atom stereocenters. The molecule has 1 aliphatic heterocycles. The van der Waals surface area contributed by atoms with Gasteiger partial charge in [-0.1, -0.05) is 13.8 Å². The summed E-state index contributed by atoms with van der Waals surface area (Å²) >= 11 is 6.21. The molecule has 1 aliphatic carbocycles. The maximum atomic E-state index is 5.07. The molecule has 112 valence electrons. The van der Waals surface area contributed by atoms with E-state index in [-0.39, 0.29) is 0 Å². The Morgan fingerprint density at radius 2 is 2.05 bits per heavy atom. The fourth-order valence-electron chi connectivity index (χ4n) is 2.59. The largest absolute Gasteiger partial charge is 0.312 e. The molecule has 5 heteroatoms. The van der Waals surface area contributed by atoms with Crippen LogP contribution < -0.4 is 5.32 Å². The van der Waals surface area contributed by atoms with E-state index in [4.69, 9.17) is 4.98 Å². The average Bonchev–Trinajstić information content (AvgIpc) is 3.21. The number of thiazole rings is 1. The van der Waals surface area contributed by atoms with E-state index in [1.54, 1.807) is 0 Å². The van der Waals surface area contributed by atoms with Crippen molar-refractivity contribution in [1.29, 1.82) is 0 Å². The fourth-order valence-corrected chi connectivity index (χ4v) is 6.87. The molecule has 0 radical (unpaired) electrons. The average molecular weight is 329 g/mol. The highest BCUT2D eigenvalue weighted by atomic mass is 32.2. The molecule has 0 aromatic carbocycles. The van der Waals surface area contributed by atoms with Crippen molar-refractivity contribution in [1.82, 2.24) is 10.3 Å². The summed E-state index contributed by atoms with van der Waals surface area (Å²) in [6, 6.07) is 0. The van der Waals surface area contributed by atoms with Gasteiger partial charge >= 0.3 is 0 Å². The first-order chi connectivity index (χ1) is 9.79. The van der Waals surface area contributed by atoms with Gasteiger partial charge in [0.25, 0.3) is 0 Å². The minimum Gasteiger partial charge on any atom is -0.312 e. The number of rotatable bonds is 6. The van der Waals surface area contributed by atoms with E-state index < -0.39 is 0 Å². The van der Waals surface area contributed by atoms with Crippen LogP contribution in [-0.2, 0) is 6.54 Å². The second-order valence-electron chi connectivity index (χ2n) is 5.68. The highest BCUT2D eigenvalue weighted by Crippen LogP contribution is 2.48. The number of nitrogens with zero attached hydrogens (tertiary/aromatic N) is 1. The smallest absolute Gasteiger partial charge is 0.107 e. The molecule has 20 heavy (non-hydrogen) atoms. The molecular formula is C15H24N2S3. The molecule has 1 saturated carbocycles. The molecule has 2 heterocycles. The lowest BCUT2D eigenvalue weighted by atomic mass is 10.2. The number of nitrogens with one attached hydrogen (secondary N) is 1. The second-order valence-corrected chi connectivity index (χ2v) is 9.53. The summed E-state index contributed by atoms with van der Waals surface area (Å²) in [6.45, 7) is 6.73. The predicted molar refractivity (Wildman–Crippen MR) is 93.2 cm³/mol. The molecule has 0 spiro atoms. The van der Waals surface area contributed by atoms with E-state index in [1.807, 2.05) is 11.3 Å². The van der Waals surface area contributed by atoms with Crippen molar-refractivity contribution in [2.75, 3.05) is 18.1 Å². The monoisotopic (exact) mass is 328 g/mol. The van der Waals surface area contributed by atoms with Crippen molar-refractivity contribution in [3.8, 4) is 0 Å². The third-order valence-electron chi connectivity index (χ3n) is 3.85. The maximum absolute atomic E-state index is 5.07. The molecule has 1 saturated heterocycles. The van der Waals surface area contributed by atoms with Gasteiger partial charge in [0.15, 0.2) is 0 Å². The van der Waals surface area contributed by atoms with Crippen LogP contribution in [0.2, 0.25) is 0 Å². The minimum absolute atomic E-state index is 0.621. The Hall–Kier alpha value is 0.290. The number of thioether (sulfide) groups is 2. The van der Waals surface area contributed by atoms with Gasteiger partial charge in [0.05, 0.1) is 10.9 Å². The fraction of sp³-hybridized carbons (Fsp3) is 0.800. The standard InChI is InChI=1S/C15H24N2S3/c1-3-6-16-9-12-13(11-4-5-11)17-15(20-12)14-10(2)18-7-8-19-14/h10-11,14,16H,3-9H2,1-2H3. The van der Waals surface area contributed by atoms with Gasteiger partial charge < -0.3 is 5.32 Å². The van der Waals surface area contributed by atoms with Crippen LogP contribution in [0.3, 0.4) is 0 Å². The van der Waals surface area contributed by atoms with Crippen LogP contribution in [0.25, 0.3) is 0 Å². The Labute approximate surface area is 134 Å². The van der Waals surface area contributed by atoms with Crippen LogP contribution >= 0.6 is 34.9 Å². The molecule has 1 aromatic heterocycles. The third-order valence-corrected chi connectivity index (χ3v) is 8.25. The molecule has 2 fully saturated rings. The van der Waals surface area contributed by atoms with Crippen molar-refractivity contribution >= 4 is 34.9 Å². The lowest BCUT2D eigenvalue weighted by molar-refractivity contribution is 0.676. The van der Waals surface area contributed by atoms with E-state index >= 15 is 0 Å². The zero-order chi connectivity index (χ0) is 13.9. The van der Waals surface area contributed by atoms with Crippen molar-refractivity contribution in [2.45, 2.75) is 56.1 Å². The van der Waals surface area contributed by atoms with Crippen LogP contribution in [0.1, 0.15) is 59.9 Å². The summed E-state index contributed by atoms with van der Waals surface area (Å²) in [5, 5.41) is 6.29. The molecular weight excluding hydrogens is 304 g/mol. The van der Waals surface area contributed by atoms with Crippen LogP contribution in [0, 0.1) is 0 Å². The van der Waals surface area contributed by atoms with Crippen LogP contribution in [0.4, 0.5) is 0 Å². The Kier molecular flexibility index (Phi) is 5.34. The number of aromatic nitrogens is 1. The van der Waals surface area contributed by atoms with Crippen molar-refractivity contribution in [3.05, 3.63) is 15.6 Å². The Morgan fingerprint density at radius 1 is 1.25 bits per heavy atom. The molecule has 1 N–H and O–H groups in total. The predicted octanol–water partition coefficient (Wildman–Crippen LogP) is 4.43. The van der Waals surface area contributed by atoms with Gasteiger partial charge in [-0.05, 0) is 25.8 Å². The minimum atomic E-state index is 0.621. The summed E-state index contributed by atoms with van der Waals surface area (Å²) < 4.78 is 0. The highest BCUT2D eigenvalue weighted by molar-refractivity contribution is 8.06. The van der Waals surface area contributed by atoms with Crippen molar-refractivity contribution in [3.63, 3.8) is 0 Å². The maximum Gasteiger partial charge on any atom is 0.107 e. The topological polar surface area (TPSA) is 24.9 Å². The molecule has 2 unspecified atom stereocenters. The molecule has 2 aliphatic rings. The first-order valence-electron chi connectivity index (χ1n) is 7.73. The first kappa shape index (κ1) is 15.2. The van der Waals surface area contributed by atoms with Crippen LogP contribution in [0.5, 0.6) is 0 Å². The quantitative estimate of drug-likeness (QED) is 0.781. The third kappa shape index (κ3) is 3.54. The molecule has 1 aromatic rings. The summed E-state index contributed by atoms with van der Waals surface area (Å²) in [7, 11) is 0. The summed E-state index contributed by atoms with van der Waals surface area (Å²) in [5.41, 5.74) is 1.43. The van der Waals surface area contributed by atoms with E-state index in [0.29, 0.717) is 10.5 Å². The summed E-state index contributed by atoms with van der Waals surface area (Å²) in [5.74, 6) is 3.35.